The second kappa shape index (κ2) is 9.80. The van der Waals surface area contributed by atoms with Gasteiger partial charge in [-0.05, 0) is 24.4 Å². The van der Waals surface area contributed by atoms with Crippen molar-refractivity contribution in [3.63, 3.8) is 0 Å². The highest BCUT2D eigenvalue weighted by Crippen LogP contribution is 2.21. The molecule has 1 fully saturated rings. The molecule has 134 valence electrons. The van der Waals surface area contributed by atoms with E-state index in [-0.39, 0.29) is 11.9 Å². The minimum atomic E-state index is 0.121. The average molecular weight is 332 g/mol. The molecule has 1 aromatic rings. The number of hydrogen-bond donors (Lipinski definition) is 1. The van der Waals surface area contributed by atoms with Crippen molar-refractivity contribution >= 4 is 5.91 Å². The standard InChI is InChI=1S/C20H33N3O/c1-4-22-12-14-23(15-13-22)11-10-20(24)21-19(16-17(2)3)18-8-6-5-7-9-18/h5-9,17,19H,4,10-16H2,1-3H3,(H,21,24). The van der Waals surface area contributed by atoms with Crippen LogP contribution in [0.4, 0.5) is 0 Å². The summed E-state index contributed by atoms with van der Waals surface area (Å²) in [6.07, 6.45) is 1.57. The van der Waals surface area contributed by atoms with Crippen LogP contribution in [-0.4, -0.2) is 55.0 Å². The Kier molecular flexibility index (Phi) is 7.73. The zero-order valence-electron chi connectivity index (χ0n) is 15.5. The normalized spacial score (nSPS) is 17.8. The van der Waals surface area contributed by atoms with Crippen LogP contribution in [-0.2, 0) is 4.79 Å². The fourth-order valence-electron chi connectivity index (χ4n) is 3.29. The number of piperazine rings is 1. The molecule has 24 heavy (non-hydrogen) atoms. The molecule has 4 nitrogen and oxygen atoms in total. The maximum Gasteiger partial charge on any atom is 0.221 e. The van der Waals surface area contributed by atoms with Crippen molar-refractivity contribution in [2.45, 2.75) is 39.7 Å². The van der Waals surface area contributed by atoms with Crippen molar-refractivity contribution in [3.8, 4) is 0 Å². The summed E-state index contributed by atoms with van der Waals surface area (Å²) in [6.45, 7) is 13.0. The third-order valence-corrected chi connectivity index (χ3v) is 4.81. The highest BCUT2D eigenvalue weighted by Gasteiger charge is 2.18. The van der Waals surface area contributed by atoms with Crippen LogP contribution in [0, 0.1) is 5.92 Å². The van der Waals surface area contributed by atoms with E-state index >= 15 is 0 Å². The Labute approximate surface area is 147 Å². The van der Waals surface area contributed by atoms with Crippen LogP contribution in [0.5, 0.6) is 0 Å². The topological polar surface area (TPSA) is 35.6 Å². The van der Waals surface area contributed by atoms with Crippen LogP contribution >= 0.6 is 0 Å². The summed E-state index contributed by atoms with van der Waals surface area (Å²) in [5.41, 5.74) is 1.20. The van der Waals surface area contributed by atoms with Crippen LogP contribution in [0.1, 0.15) is 45.2 Å². The quantitative estimate of drug-likeness (QED) is 0.795. The summed E-state index contributed by atoms with van der Waals surface area (Å²) in [6, 6.07) is 10.4. The van der Waals surface area contributed by atoms with Gasteiger partial charge in [-0.1, -0.05) is 51.1 Å². The van der Waals surface area contributed by atoms with Crippen molar-refractivity contribution in [3.05, 3.63) is 35.9 Å². The van der Waals surface area contributed by atoms with Gasteiger partial charge in [0.15, 0.2) is 0 Å². The molecule has 1 aromatic carbocycles. The van der Waals surface area contributed by atoms with Crippen molar-refractivity contribution in [1.29, 1.82) is 0 Å². The number of amides is 1. The molecule has 0 aliphatic carbocycles. The van der Waals surface area contributed by atoms with Gasteiger partial charge in [-0.25, -0.2) is 0 Å². The second-order valence-corrected chi connectivity index (χ2v) is 7.19. The lowest BCUT2D eigenvalue weighted by Gasteiger charge is -2.34. The molecule has 0 aromatic heterocycles. The van der Waals surface area contributed by atoms with E-state index in [1.807, 2.05) is 18.2 Å². The van der Waals surface area contributed by atoms with Gasteiger partial charge in [-0.15, -0.1) is 0 Å². The molecule has 1 heterocycles. The fourth-order valence-corrected chi connectivity index (χ4v) is 3.29. The molecule has 0 radical (unpaired) electrons. The molecule has 2 rings (SSSR count). The van der Waals surface area contributed by atoms with E-state index in [1.54, 1.807) is 0 Å². The third-order valence-electron chi connectivity index (χ3n) is 4.81. The Bertz CT molecular complexity index is 481. The number of rotatable bonds is 8. The Morgan fingerprint density at radius 3 is 2.29 bits per heavy atom. The van der Waals surface area contributed by atoms with E-state index in [0.717, 1.165) is 45.7 Å². The zero-order chi connectivity index (χ0) is 17.4. The average Bonchev–Trinajstić information content (AvgIpc) is 2.60. The van der Waals surface area contributed by atoms with Gasteiger partial charge in [0.2, 0.25) is 5.91 Å². The molecule has 1 aliphatic rings. The lowest BCUT2D eigenvalue weighted by molar-refractivity contribution is -0.122. The predicted molar refractivity (Wildman–Crippen MR) is 100.0 cm³/mol. The largest absolute Gasteiger partial charge is 0.349 e. The molecular formula is C20H33N3O. The minimum Gasteiger partial charge on any atom is -0.349 e. The summed E-state index contributed by atoms with van der Waals surface area (Å²) >= 11 is 0. The Hall–Kier alpha value is -1.39. The first kappa shape index (κ1) is 18.9. The number of carbonyl (C=O) groups excluding carboxylic acids is 1. The van der Waals surface area contributed by atoms with Gasteiger partial charge < -0.3 is 15.1 Å². The van der Waals surface area contributed by atoms with Crippen LogP contribution in [0.25, 0.3) is 0 Å². The number of likely N-dealkylation sites (N-methyl/N-ethyl adjacent to an activating group) is 1. The third kappa shape index (κ3) is 6.25. The highest BCUT2D eigenvalue weighted by molar-refractivity contribution is 5.76. The van der Waals surface area contributed by atoms with Gasteiger partial charge in [-0.2, -0.15) is 0 Å². The van der Waals surface area contributed by atoms with Gasteiger partial charge in [0.05, 0.1) is 6.04 Å². The highest BCUT2D eigenvalue weighted by atomic mass is 16.1. The van der Waals surface area contributed by atoms with Gasteiger partial charge in [-0.3, -0.25) is 4.79 Å². The Balaban J connectivity index is 1.80. The van der Waals surface area contributed by atoms with E-state index in [4.69, 9.17) is 0 Å². The predicted octanol–water partition coefficient (Wildman–Crippen LogP) is 2.92. The van der Waals surface area contributed by atoms with Crippen molar-refractivity contribution in [2.75, 3.05) is 39.3 Å². The summed E-state index contributed by atoms with van der Waals surface area (Å²) in [4.78, 5) is 17.3. The van der Waals surface area contributed by atoms with E-state index in [0.29, 0.717) is 12.3 Å². The molecule has 0 bridgehead atoms. The molecule has 1 amide bonds. The number of carbonyl (C=O) groups is 1. The van der Waals surface area contributed by atoms with Crippen LogP contribution in [0.2, 0.25) is 0 Å². The molecular weight excluding hydrogens is 298 g/mol. The van der Waals surface area contributed by atoms with Gasteiger partial charge in [0.1, 0.15) is 0 Å². The van der Waals surface area contributed by atoms with Gasteiger partial charge >= 0.3 is 0 Å². The maximum atomic E-state index is 12.4. The summed E-state index contributed by atoms with van der Waals surface area (Å²) in [5, 5.41) is 3.25. The molecule has 0 spiro atoms. The van der Waals surface area contributed by atoms with Crippen LogP contribution in [0.3, 0.4) is 0 Å². The second-order valence-electron chi connectivity index (χ2n) is 7.19. The molecule has 4 heteroatoms. The van der Waals surface area contributed by atoms with E-state index in [9.17, 15) is 4.79 Å². The fraction of sp³-hybridized carbons (Fsp3) is 0.650. The first-order valence-corrected chi connectivity index (χ1v) is 9.37. The molecule has 0 saturated carbocycles. The summed E-state index contributed by atoms with van der Waals surface area (Å²) in [5.74, 6) is 0.722. The molecule has 1 aliphatic heterocycles. The van der Waals surface area contributed by atoms with E-state index < -0.39 is 0 Å². The molecule has 1 saturated heterocycles. The van der Waals surface area contributed by atoms with E-state index in [1.165, 1.54) is 5.56 Å². The Morgan fingerprint density at radius 1 is 1.08 bits per heavy atom. The van der Waals surface area contributed by atoms with E-state index in [2.05, 4.69) is 48.0 Å². The van der Waals surface area contributed by atoms with Crippen molar-refractivity contribution in [2.24, 2.45) is 5.92 Å². The van der Waals surface area contributed by atoms with Crippen LogP contribution in [0.15, 0.2) is 30.3 Å². The SMILES string of the molecule is CCN1CCN(CCC(=O)NC(CC(C)C)c2ccccc2)CC1. The molecule has 1 unspecified atom stereocenters. The maximum absolute atomic E-state index is 12.4. The monoisotopic (exact) mass is 331 g/mol. The number of benzene rings is 1. The van der Waals surface area contributed by atoms with Crippen LogP contribution < -0.4 is 5.32 Å². The molecule has 1 N–H and O–H groups in total. The lowest BCUT2D eigenvalue weighted by atomic mass is 9.97. The lowest BCUT2D eigenvalue weighted by Crippen LogP contribution is -2.47. The van der Waals surface area contributed by atoms with Crippen molar-refractivity contribution < 1.29 is 4.79 Å². The molecule has 1 atom stereocenters. The first-order valence-electron chi connectivity index (χ1n) is 9.37. The zero-order valence-corrected chi connectivity index (χ0v) is 15.5. The number of nitrogens with zero attached hydrogens (tertiary/aromatic N) is 2. The number of hydrogen-bond acceptors (Lipinski definition) is 3. The van der Waals surface area contributed by atoms with Gasteiger partial charge in [0.25, 0.3) is 0 Å². The number of nitrogens with one attached hydrogen (secondary N) is 1. The van der Waals surface area contributed by atoms with Gasteiger partial charge in [0, 0.05) is 39.1 Å². The Morgan fingerprint density at radius 2 is 1.71 bits per heavy atom. The summed E-state index contributed by atoms with van der Waals surface area (Å²) < 4.78 is 0. The smallest absolute Gasteiger partial charge is 0.221 e. The summed E-state index contributed by atoms with van der Waals surface area (Å²) in [7, 11) is 0. The first-order chi connectivity index (χ1) is 11.6. The van der Waals surface area contributed by atoms with Crippen molar-refractivity contribution in [1.82, 2.24) is 15.1 Å². The minimum absolute atomic E-state index is 0.121.